The first kappa shape index (κ1) is 23.2. The van der Waals surface area contributed by atoms with Crippen LogP contribution in [0.4, 0.5) is 0 Å². The smallest absolute Gasteiger partial charge is 0.120 e. The molecule has 2 aliphatic heterocycles. The number of nitrogens with one attached hydrogen (secondary N) is 1. The lowest BCUT2D eigenvalue weighted by Gasteiger charge is -2.50. The molecule has 1 spiro atoms. The molecule has 2 N–H and O–H groups in total. The highest BCUT2D eigenvalue weighted by Crippen LogP contribution is 2.49. The van der Waals surface area contributed by atoms with Gasteiger partial charge in [-0.1, -0.05) is 30.3 Å². The molecular formula is C29H33N5O2. The molecule has 0 bridgehead atoms. The molecule has 6 rings (SSSR count). The predicted octanol–water partition coefficient (Wildman–Crippen LogP) is 4.05. The maximum absolute atomic E-state index is 10.6. The van der Waals surface area contributed by atoms with E-state index >= 15 is 0 Å². The number of aromatic nitrogens is 3. The van der Waals surface area contributed by atoms with Gasteiger partial charge in [0.25, 0.3) is 0 Å². The Balaban J connectivity index is 1.37. The van der Waals surface area contributed by atoms with Gasteiger partial charge in [0.1, 0.15) is 12.1 Å². The maximum Gasteiger partial charge on any atom is 0.120 e. The third-order valence-corrected chi connectivity index (χ3v) is 8.08. The van der Waals surface area contributed by atoms with E-state index in [1.54, 1.807) is 13.4 Å². The van der Waals surface area contributed by atoms with E-state index in [9.17, 15) is 5.11 Å². The van der Waals surface area contributed by atoms with Gasteiger partial charge in [0.05, 0.1) is 19.8 Å². The lowest BCUT2D eigenvalue weighted by molar-refractivity contribution is 0.0420. The highest BCUT2D eigenvalue weighted by molar-refractivity contribution is 5.87. The van der Waals surface area contributed by atoms with Crippen LogP contribution in [0, 0.1) is 0 Å². The molecule has 4 heterocycles. The summed E-state index contributed by atoms with van der Waals surface area (Å²) in [7, 11) is 1.71. The van der Waals surface area contributed by atoms with Crippen molar-refractivity contribution in [2.45, 2.75) is 37.4 Å². The number of benzene rings is 2. The largest absolute Gasteiger partial charge is 0.497 e. The quantitative estimate of drug-likeness (QED) is 0.431. The molecule has 0 radical (unpaired) electrons. The molecule has 1 atom stereocenters. The summed E-state index contributed by atoms with van der Waals surface area (Å²) in [6.07, 6.45) is 7.54. The number of nitrogens with zero attached hydrogens (tertiary/aromatic N) is 4. The number of piperidine rings is 1. The highest BCUT2D eigenvalue weighted by atomic mass is 16.5. The van der Waals surface area contributed by atoms with Crippen molar-refractivity contribution in [1.29, 1.82) is 0 Å². The number of methoxy groups -OCH3 is 1. The molecule has 186 valence electrons. The third-order valence-electron chi connectivity index (χ3n) is 8.08. The van der Waals surface area contributed by atoms with Crippen LogP contribution in [0.25, 0.3) is 10.9 Å². The number of H-pyrrole nitrogens is 1. The average Bonchev–Trinajstić information content (AvgIpc) is 3.31. The minimum Gasteiger partial charge on any atom is -0.497 e. The fraction of sp³-hybridized carbons (Fsp3) is 0.379. The van der Waals surface area contributed by atoms with Crippen LogP contribution in [-0.2, 0) is 18.5 Å². The second kappa shape index (κ2) is 9.65. The third kappa shape index (κ3) is 4.17. The number of aliphatic hydroxyl groups excluding tert-OH is 1. The number of hydrogen-bond acceptors (Lipinski definition) is 6. The number of fused-ring (bicyclic) bond motifs is 4. The van der Waals surface area contributed by atoms with E-state index in [-0.39, 0.29) is 18.1 Å². The molecule has 4 aromatic rings. The minimum atomic E-state index is -0.0660. The summed E-state index contributed by atoms with van der Waals surface area (Å²) in [5, 5.41) is 11.9. The molecule has 1 fully saturated rings. The lowest BCUT2D eigenvalue weighted by Crippen LogP contribution is -2.53. The zero-order valence-corrected chi connectivity index (χ0v) is 20.7. The molecule has 7 heteroatoms. The summed E-state index contributed by atoms with van der Waals surface area (Å²) in [5.41, 5.74) is 6.09. The normalized spacial score (nSPS) is 20.0. The van der Waals surface area contributed by atoms with Gasteiger partial charge in [0.15, 0.2) is 0 Å². The van der Waals surface area contributed by atoms with E-state index < -0.39 is 0 Å². The Morgan fingerprint density at radius 1 is 1.03 bits per heavy atom. The van der Waals surface area contributed by atoms with Crippen LogP contribution >= 0.6 is 0 Å². The van der Waals surface area contributed by atoms with Gasteiger partial charge in [-0.05, 0) is 49.2 Å². The molecule has 0 unspecified atom stereocenters. The van der Waals surface area contributed by atoms with Crippen LogP contribution in [0.1, 0.15) is 41.3 Å². The molecule has 2 aromatic heterocycles. The van der Waals surface area contributed by atoms with Crippen LogP contribution < -0.4 is 4.74 Å². The number of aliphatic hydroxyl groups is 1. The van der Waals surface area contributed by atoms with Crippen molar-refractivity contribution in [1.82, 2.24) is 24.8 Å². The van der Waals surface area contributed by atoms with Crippen LogP contribution in [0.3, 0.4) is 0 Å². The van der Waals surface area contributed by atoms with Gasteiger partial charge in [-0.3, -0.25) is 9.80 Å². The van der Waals surface area contributed by atoms with Crippen LogP contribution in [-0.4, -0.2) is 63.2 Å². The first-order chi connectivity index (χ1) is 17.7. The molecular weight excluding hydrogens is 450 g/mol. The molecule has 1 saturated heterocycles. The number of ether oxygens (including phenoxy) is 1. The van der Waals surface area contributed by atoms with Crippen molar-refractivity contribution in [3.8, 4) is 5.75 Å². The van der Waals surface area contributed by atoms with Gasteiger partial charge in [-0.25, -0.2) is 9.97 Å². The fourth-order valence-electron chi connectivity index (χ4n) is 6.31. The second-order valence-corrected chi connectivity index (χ2v) is 10.2. The first-order valence-electron chi connectivity index (χ1n) is 12.7. The SMILES string of the molecule is COc1ccc2c3c([nH]c2c1)[C@H](CO)N(Cc1ccccc1)CC31CCN(Cc2cncnc2)CC1. The summed E-state index contributed by atoms with van der Waals surface area (Å²) in [4.78, 5) is 17.1. The van der Waals surface area contributed by atoms with Crippen molar-refractivity contribution >= 4 is 10.9 Å². The Hall–Kier alpha value is -3.26. The van der Waals surface area contributed by atoms with Crippen LogP contribution in [0.15, 0.2) is 67.3 Å². The monoisotopic (exact) mass is 483 g/mol. The number of aromatic amines is 1. The highest BCUT2D eigenvalue weighted by Gasteiger charge is 2.47. The van der Waals surface area contributed by atoms with Crippen molar-refractivity contribution in [2.75, 3.05) is 33.4 Å². The van der Waals surface area contributed by atoms with Crippen molar-refractivity contribution in [2.24, 2.45) is 0 Å². The topological polar surface area (TPSA) is 77.5 Å². The number of rotatable bonds is 6. The molecule has 36 heavy (non-hydrogen) atoms. The van der Waals surface area contributed by atoms with Gasteiger partial charge in [-0.15, -0.1) is 0 Å². The standard InChI is InChI=1S/C29H33N5O2/c1-36-23-7-8-24-25(13-23)32-28-26(18-35)34(17-21-5-3-2-4-6-21)19-29(27(24)28)9-11-33(12-10-29)16-22-14-30-20-31-15-22/h2-8,13-15,20,26,32,35H,9-12,16-19H2,1H3/t26-/m0/s1. The fourth-order valence-corrected chi connectivity index (χ4v) is 6.31. The zero-order chi connectivity index (χ0) is 24.5. The van der Waals surface area contributed by atoms with E-state index in [2.05, 4.69) is 73.3 Å². The van der Waals surface area contributed by atoms with Crippen LogP contribution in [0.2, 0.25) is 0 Å². The van der Waals surface area contributed by atoms with Crippen molar-refractivity contribution < 1.29 is 9.84 Å². The Morgan fingerprint density at radius 3 is 2.53 bits per heavy atom. The lowest BCUT2D eigenvalue weighted by atomic mass is 9.68. The van der Waals surface area contributed by atoms with Gasteiger partial charge in [0, 0.05) is 65.7 Å². The first-order valence-corrected chi connectivity index (χ1v) is 12.7. The maximum atomic E-state index is 10.6. The van der Waals surface area contributed by atoms with Gasteiger partial charge < -0.3 is 14.8 Å². The van der Waals surface area contributed by atoms with Crippen LogP contribution in [0.5, 0.6) is 5.75 Å². The van der Waals surface area contributed by atoms with E-state index in [1.807, 2.05) is 12.4 Å². The van der Waals surface area contributed by atoms with Gasteiger partial charge in [-0.2, -0.15) is 0 Å². The zero-order valence-electron chi connectivity index (χ0n) is 20.7. The molecule has 2 aromatic carbocycles. The summed E-state index contributed by atoms with van der Waals surface area (Å²) in [5.74, 6) is 0.844. The van der Waals surface area contributed by atoms with E-state index in [4.69, 9.17) is 4.74 Å². The molecule has 2 aliphatic rings. The summed E-state index contributed by atoms with van der Waals surface area (Å²) in [6.45, 7) is 4.74. The molecule has 0 amide bonds. The summed E-state index contributed by atoms with van der Waals surface area (Å²) in [6, 6.07) is 16.9. The minimum absolute atomic E-state index is 0.0201. The van der Waals surface area contributed by atoms with Crippen molar-refractivity contribution in [3.05, 3.63) is 89.6 Å². The molecule has 0 aliphatic carbocycles. The molecule has 7 nitrogen and oxygen atoms in total. The summed E-state index contributed by atoms with van der Waals surface area (Å²) >= 11 is 0. The predicted molar refractivity (Wildman–Crippen MR) is 140 cm³/mol. The second-order valence-electron chi connectivity index (χ2n) is 10.2. The van der Waals surface area contributed by atoms with Gasteiger partial charge >= 0.3 is 0 Å². The summed E-state index contributed by atoms with van der Waals surface area (Å²) < 4.78 is 5.52. The number of likely N-dealkylation sites (tertiary alicyclic amines) is 1. The van der Waals surface area contributed by atoms with Crippen molar-refractivity contribution in [3.63, 3.8) is 0 Å². The Labute approximate surface area is 211 Å². The average molecular weight is 484 g/mol. The van der Waals surface area contributed by atoms with Gasteiger partial charge in [0.2, 0.25) is 0 Å². The van der Waals surface area contributed by atoms with E-state index in [0.717, 1.165) is 68.1 Å². The Morgan fingerprint density at radius 2 is 1.81 bits per heavy atom. The molecule has 0 saturated carbocycles. The van der Waals surface area contributed by atoms with E-state index in [1.165, 1.54) is 16.5 Å². The van der Waals surface area contributed by atoms with E-state index in [0.29, 0.717) is 0 Å². The Kier molecular flexibility index (Phi) is 6.21. The number of hydrogen-bond donors (Lipinski definition) is 2. The Bertz CT molecular complexity index is 1320.